The molecule has 1 heterocycles. The van der Waals surface area contributed by atoms with Crippen LogP contribution in [0.3, 0.4) is 0 Å². The van der Waals surface area contributed by atoms with Gasteiger partial charge in [-0.3, -0.25) is 4.90 Å². The van der Waals surface area contributed by atoms with Gasteiger partial charge in [0.2, 0.25) is 0 Å². The molecular formula is C23H32N4O2. The van der Waals surface area contributed by atoms with Crippen molar-refractivity contribution < 1.29 is 9.53 Å². The van der Waals surface area contributed by atoms with E-state index in [4.69, 9.17) is 4.74 Å². The Labute approximate surface area is 173 Å². The monoisotopic (exact) mass is 396 g/mol. The highest BCUT2D eigenvalue weighted by Crippen LogP contribution is 2.11. The van der Waals surface area contributed by atoms with Gasteiger partial charge in [0.05, 0.1) is 7.11 Å². The fourth-order valence-electron chi connectivity index (χ4n) is 3.51. The molecule has 0 bridgehead atoms. The Morgan fingerprint density at radius 2 is 1.59 bits per heavy atom. The average Bonchev–Trinajstić information content (AvgIpc) is 2.77. The van der Waals surface area contributed by atoms with Crippen LogP contribution in [0.4, 0.5) is 4.79 Å². The lowest BCUT2D eigenvalue weighted by atomic mass is 10.2. The largest absolute Gasteiger partial charge is 0.497 e. The van der Waals surface area contributed by atoms with E-state index in [-0.39, 0.29) is 6.03 Å². The highest BCUT2D eigenvalue weighted by atomic mass is 16.5. The molecular weight excluding hydrogens is 364 g/mol. The highest BCUT2D eigenvalue weighted by Gasteiger charge is 2.16. The van der Waals surface area contributed by atoms with Gasteiger partial charge in [0.15, 0.2) is 0 Å². The zero-order chi connectivity index (χ0) is 20.3. The summed E-state index contributed by atoms with van der Waals surface area (Å²) in [6.45, 7) is 7.66. The lowest BCUT2D eigenvalue weighted by molar-refractivity contribution is 0.126. The number of methoxy groups -OCH3 is 1. The van der Waals surface area contributed by atoms with Crippen LogP contribution in [-0.4, -0.2) is 62.2 Å². The van der Waals surface area contributed by atoms with Crippen LogP contribution in [0.15, 0.2) is 54.6 Å². The normalized spacial score (nSPS) is 15.1. The minimum Gasteiger partial charge on any atom is -0.497 e. The summed E-state index contributed by atoms with van der Waals surface area (Å²) in [7, 11) is 1.64. The van der Waals surface area contributed by atoms with Crippen molar-refractivity contribution in [3.63, 3.8) is 0 Å². The number of hydrogen-bond donors (Lipinski definition) is 2. The smallest absolute Gasteiger partial charge is 0.315 e. The third-order valence-electron chi connectivity index (χ3n) is 5.26. The topological polar surface area (TPSA) is 56.8 Å². The van der Waals surface area contributed by atoms with Crippen molar-refractivity contribution in [3.05, 3.63) is 65.7 Å². The van der Waals surface area contributed by atoms with Crippen molar-refractivity contribution in [2.24, 2.45) is 0 Å². The van der Waals surface area contributed by atoms with Crippen LogP contribution in [0.1, 0.15) is 17.5 Å². The maximum Gasteiger partial charge on any atom is 0.315 e. The summed E-state index contributed by atoms with van der Waals surface area (Å²) in [5, 5.41) is 5.84. The molecule has 1 fully saturated rings. The summed E-state index contributed by atoms with van der Waals surface area (Å²) >= 11 is 0. The number of amides is 2. The van der Waals surface area contributed by atoms with Crippen LogP contribution in [0.25, 0.3) is 0 Å². The van der Waals surface area contributed by atoms with E-state index < -0.39 is 0 Å². The molecule has 29 heavy (non-hydrogen) atoms. The first kappa shape index (κ1) is 21.1. The lowest BCUT2D eigenvalue weighted by Gasteiger charge is -2.34. The van der Waals surface area contributed by atoms with Crippen LogP contribution in [0, 0.1) is 0 Å². The number of benzene rings is 2. The predicted molar refractivity (Wildman–Crippen MR) is 116 cm³/mol. The Hall–Kier alpha value is -2.57. The number of ether oxygens (including phenoxy) is 1. The number of nitrogens with one attached hydrogen (secondary N) is 2. The molecule has 0 radical (unpaired) electrons. The number of piperazine rings is 1. The van der Waals surface area contributed by atoms with Crippen molar-refractivity contribution in [2.75, 3.05) is 46.4 Å². The minimum absolute atomic E-state index is 0.117. The van der Waals surface area contributed by atoms with Gasteiger partial charge in [0.25, 0.3) is 0 Å². The molecule has 0 atom stereocenters. The van der Waals surface area contributed by atoms with Gasteiger partial charge < -0.3 is 20.3 Å². The first-order valence-corrected chi connectivity index (χ1v) is 10.4. The Morgan fingerprint density at radius 1 is 0.897 bits per heavy atom. The van der Waals surface area contributed by atoms with E-state index in [1.165, 1.54) is 5.56 Å². The summed E-state index contributed by atoms with van der Waals surface area (Å²) in [5.41, 5.74) is 2.43. The Kier molecular flexibility index (Phi) is 8.34. The summed E-state index contributed by atoms with van der Waals surface area (Å²) in [5.74, 6) is 0.819. The number of rotatable bonds is 9. The van der Waals surface area contributed by atoms with Crippen LogP contribution in [-0.2, 0) is 13.1 Å². The summed E-state index contributed by atoms with van der Waals surface area (Å²) in [4.78, 5) is 16.9. The van der Waals surface area contributed by atoms with E-state index in [9.17, 15) is 4.79 Å². The van der Waals surface area contributed by atoms with Gasteiger partial charge in [0, 0.05) is 45.8 Å². The van der Waals surface area contributed by atoms with E-state index in [1.807, 2.05) is 24.3 Å². The van der Waals surface area contributed by atoms with Crippen LogP contribution < -0.4 is 15.4 Å². The SMILES string of the molecule is COc1ccc(CNC(=O)NCCCN2CCN(Cc3ccccc3)CC2)cc1. The Balaban J connectivity index is 1.23. The molecule has 0 unspecified atom stereocenters. The van der Waals surface area contributed by atoms with Gasteiger partial charge in [-0.25, -0.2) is 4.79 Å². The molecule has 0 aromatic heterocycles. The maximum atomic E-state index is 11.9. The van der Waals surface area contributed by atoms with Gasteiger partial charge in [-0.15, -0.1) is 0 Å². The zero-order valence-corrected chi connectivity index (χ0v) is 17.3. The van der Waals surface area contributed by atoms with E-state index >= 15 is 0 Å². The van der Waals surface area contributed by atoms with Gasteiger partial charge in [-0.2, -0.15) is 0 Å². The second-order valence-corrected chi connectivity index (χ2v) is 7.41. The molecule has 2 amide bonds. The predicted octanol–water partition coefficient (Wildman–Crippen LogP) is 2.70. The fraction of sp³-hybridized carbons (Fsp3) is 0.435. The van der Waals surface area contributed by atoms with E-state index in [2.05, 4.69) is 50.8 Å². The summed E-state index contributed by atoms with van der Waals surface area (Å²) in [6.07, 6.45) is 0.967. The summed E-state index contributed by atoms with van der Waals surface area (Å²) < 4.78 is 5.14. The number of carbonyl (C=O) groups excluding carboxylic acids is 1. The first-order valence-electron chi connectivity index (χ1n) is 10.4. The highest BCUT2D eigenvalue weighted by molar-refractivity contribution is 5.73. The molecule has 1 aliphatic heterocycles. The second-order valence-electron chi connectivity index (χ2n) is 7.41. The van der Waals surface area contributed by atoms with Crippen molar-refractivity contribution in [1.82, 2.24) is 20.4 Å². The van der Waals surface area contributed by atoms with Crippen molar-refractivity contribution in [1.29, 1.82) is 0 Å². The van der Waals surface area contributed by atoms with E-state index in [1.54, 1.807) is 7.11 Å². The van der Waals surface area contributed by atoms with Crippen molar-refractivity contribution >= 4 is 6.03 Å². The number of nitrogens with zero attached hydrogens (tertiary/aromatic N) is 2. The molecule has 0 aliphatic carbocycles. The Morgan fingerprint density at radius 3 is 2.28 bits per heavy atom. The molecule has 1 saturated heterocycles. The van der Waals surface area contributed by atoms with Crippen molar-refractivity contribution in [3.8, 4) is 5.75 Å². The van der Waals surface area contributed by atoms with Gasteiger partial charge in [0.1, 0.15) is 5.75 Å². The van der Waals surface area contributed by atoms with Crippen LogP contribution in [0.5, 0.6) is 5.75 Å². The van der Waals surface area contributed by atoms with Gasteiger partial charge in [-0.1, -0.05) is 42.5 Å². The number of carbonyl (C=O) groups is 1. The van der Waals surface area contributed by atoms with Crippen LogP contribution >= 0.6 is 0 Å². The molecule has 2 aromatic carbocycles. The fourth-order valence-corrected chi connectivity index (χ4v) is 3.51. The van der Waals surface area contributed by atoms with Gasteiger partial charge in [-0.05, 0) is 36.2 Å². The second kappa shape index (κ2) is 11.4. The molecule has 6 nitrogen and oxygen atoms in total. The maximum absolute atomic E-state index is 11.9. The standard InChI is InChI=1S/C23H32N4O2/c1-29-22-10-8-20(9-11-22)18-25-23(28)24-12-5-13-26-14-16-27(17-15-26)19-21-6-3-2-4-7-21/h2-4,6-11H,5,12-19H2,1H3,(H2,24,25,28). The van der Waals surface area contributed by atoms with Crippen LogP contribution in [0.2, 0.25) is 0 Å². The molecule has 156 valence electrons. The van der Waals surface area contributed by atoms with E-state index in [0.717, 1.165) is 57.0 Å². The summed E-state index contributed by atoms with van der Waals surface area (Å²) in [6, 6.07) is 18.2. The van der Waals surface area contributed by atoms with Gasteiger partial charge >= 0.3 is 6.03 Å². The zero-order valence-electron chi connectivity index (χ0n) is 17.3. The minimum atomic E-state index is -0.117. The average molecular weight is 397 g/mol. The first-order chi connectivity index (χ1) is 14.2. The molecule has 0 saturated carbocycles. The van der Waals surface area contributed by atoms with Crippen molar-refractivity contribution in [2.45, 2.75) is 19.5 Å². The third-order valence-corrected chi connectivity index (χ3v) is 5.26. The molecule has 3 rings (SSSR count). The third kappa shape index (κ3) is 7.40. The van der Waals surface area contributed by atoms with E-state index in [0.29, 0.717) is 13.1 Å². The molecule has 1 aliphatic rings. The number of urea groups is 1. The Bertz CT molecular complexity index is 728. The molecule has 2 N–H and O–H groups in total. The quantitative estimate of drug-likeness (QED) is 0.640. The molecule has 2 aromatic rings. The lowest BCUT2D eigenvalue weighted by Crippen LogP contribution is -2.46. The molecule has 0 spiro atoms. The number of hydrogen-bond acceptors (Lipinski definition) is 4. The molecule has 6 heteroatoms.